The van der Waals surface area contributed by atoms with Crippen molar-refractivity contribution in [3.63, 3.8) is 0 Å². The van der Waals surface area contributed by atoms with Crippen LogP contribution in [0.5, 0.6) is 11.5 Å². The zero-order valence-electron chi connectivity index (χ0n) is 11.1. The molecule has 102 valence electrons. The third-order valence-electron chi connectivity index (χ3n) is 2.97. The van der Waals surface area contributed by atoms with Crippen LogP contribution in [0.1, 0.15) is 22.0 Å². The summed E-state index contributed by atoms with van der Waals surface area (Å²) in [5, 5.41) is 2.76. The SMILES string of the molecule is COc1ccc(C(N)c2scc(C)c2Cl)cc1OC. The van der Waals surface area contributed by atoms with Crippen LogP contribution >= 0.6 is 22.9 Å². The molecule has 2 N–H and O–H groups in total. The van der Waals surface area contributed by atoms with E-state index in [-0.39, 0.29) is 6.04 Å². The maximum absolute atomic E-state index is 6.28. The van der Waals surface area contributed by atoms with E-state index in [1.54, 1.807) is 25.6 Å². The van der Waals surface area contributed by atoms with Crippen LogP contribution in [-0.2, 0) is 0 Å². The van der Waals surface area contributed by atoms with E-state index >= 15 is 0 Å². The topological polar surface area (TPSA) is 44.5 Å². The molecule has 3 nitrogen and oxygen atoms in total. The number of benzene rings is 1. The highest BCUT2D eigenvalue weighted by Gasteiger charge is 2.17. The van der Waals surface area contributed by atoms with E-state index in [9.17, 15) is 0 Å². The smallest absolute Gasteiger partial charge is 0.161 e. The first-order valence-electron chi connectivity index (χ1n) is 5.79. The molecule has 2 rings (SSSR count). The van der Waals surface area contributed by atoms with Gasteiger partial charge in [-0.25, -0.2) is 0 Å². The van der Waals surface area contributed by atoms with E-state index in [4.69, 9.17) is 26.8 Å². The Morgan fingerprint density at radius 2 is 1.89 bits per heavy atom. The molecule has 0 bridgehead atoms. The second-order valence-electron chi connectivity index (χ2n) is 4.19. The van der Waals surface area contributed by atoms with Gasteiger partial charge in [-0.15, -0.1) is 11.3 Å². The predicted octanol–water partition coefficient (Wildman–Crippen LogP) is 3.78. The van der Waals surface area contributed by atoms with E-state index in [2.05, 4.69) is 0 Å². The van der Waals surface area contributed by atoms with Crippen LogP contribution in [0.2, 0.25) is 5.02 Å². The first kappa shape index (κ1) is 14.2. The van der Waals surface area contributed by atoms with Crippen molar-refractivity contribution >= 4 is 22.9 Å². The molecular weight excluding hydrogens is 282 g/mol. The van der Waals surface area contributed by atoms with Crippen molar-refractivity contribution in [2.45, 2.75) is 13.0 Å². The van der Waals surface area contributed by atoms with Crippen molar-refractivity contribution in [2.24, 2.45) is 5.73 Å². The molecule has 1 aromatic heterocycles. The average Bonchev–Trinajstić information content (AvgIpc) is 2.77. The molecule has 0 saturated carbocycles. The summed E-state index contributed by atoms with van der Waals surface area (Å²) in [4.78, 5) is 0.964. The van der Waals surface area contributed by atoms with Gasteiger partial charge in [-0.3, -0.25) is 0 Å². The van der Waals surface area contributed by atoms with Gasteiger partial charge in [-0.1, -0.05) is 17.7 Å². The Labute approximate surface area is 121 Å². The lowest BCUT2D eigenvalue weighted by Crippen LogP contribution is -2.11. The minimum Gasteiger partial charge on any atom is -0.493 e. The van der Waals surface area contributed by atoms with Crippen LogP contribution in [0.4, 0.5) is 0 Å². The van der Waals surface area contributed by atoms with Gasteiger partial charge in [0.25, 0.3) is 0 Å². The molecule has 1 aromatic carbocycles. The van der Waals surface area contributed by atoms with Crippen molar-refractivity contribution in [3.05, 3.63) is 44.6 Å². The number of aryl methyl sites for hydroxylation is 1. The van der Waals surface area contributed by atoms with Gasteiger partial charge in [0.2, 0.25) is 0 Å². The van der Waals surface area contributed by atoms with E-state index < -0.39 is 0 Å². The Morgan fingerprint density at radius 3 is 2.42 bits per heavy atom. The van der Waals surface area contributed by atoms with Crippen molar-refractivity contribution in [3.8, 4) is 11.5 Å². The summed E-state index contributed by atoms with van der Waals surface area (Å²) in [7, 11) is 3.21. The first-order valence-corrected chi connectivity index (χ1v) is 7.05. The lowest BCUT2D eigenvalue weighted by atomic mass is 10.0. The summed E-state index contributed by atoms with van der Waals surface area (Å²) in [6.07, 6.45) is 0. The number of nitrogens with two attached hydrogens (primary N) is 1. The van der Waals surface area contributed by atoms with Gasteiger partial charge >= 0.3 is 0 Å². The second-order valence-corrected chi connectivity index (χ2v) is 5.48. The van der Waals surface area contributed by atoms with Crippen LogP contribution in [-0.4, -0.2) is 14.2 Å². The van der Waals surface area contributed by atoms with Crippen LogP contribution in [0.25, 0.3) is 0 Å². The Hall–Kier alpha value is -1.23. The molecule has 19 heavy (non-hydrogen) atoms. The molecule has 0 aliphatic carbocycles. The fraction of sp³-hybridized carbons (Fsp3) is 0.286. The van der Waals surface area contributed by atoms with Crippen LogP contribution in [0.15, 0.2) is 23.6 Å². The second kappa shape index (κ2) is 5.82. The lowest BCUT2D eigenvalue weighted by molar-refractivity contribution is 0.354. The molecule has 1 atom stereocenters. The van der Waals surface area contributed by atoms with E-state index in [0.717, 1.165) is 21.0 Å². The zero-order chi connectivity index (χ0) is 14.0. The number of methoxy groups -OCH3 is 2. The lowest BCUT2D eigenvalue weighted by Gasteiger charge is -2.14. The Morgan fingerprint density at radius 1 is 1.21 bits per heavy atom. The summed E-state index contributed by atoms with van der Waals surface area (Å²) < 4.78 is 10.5. The molecule has 0 aliphatic heterocycles. The normalized spacial score (nSPS) is 12.3. The standard InChI is InChI=1S/C14H16ClNO2S/c1-8-7-19-14(12(8)15)13(16)9-4-5-10(17-2)11(6-9)18-3/h4-7,13H,16H2,1-3H3. The zero-order valence-corrected chi connectivity index (χ0v) is 12.6. The average molecular weight is 298 g/mol. The summed E-state index contributed by atoms with van der Waals surface area (Å²) >= 11 is 7.83. The van der Waals surface area contributed by atoms with Gasteiger partial charge in [0.1, 0.15) is 0 Å². The van der Waals surface area contributed by atoms with Gasteiger partial charge in [0.15, 0.2) is 11.5 Å². The highest BCUT2D eigenvalue weighted by Crippen LogP contribution is 2.37. The minimum atomic E-state index is -0.258. The predicted molar refractivity (Wildman–Crippen MR) is 79.6 cm³/mol. The van der Waals surface area contributed by atoms with Gasteiger partial charge in [0.05, 0.1) is 25.3 Å². The Bertz CT molecular complexity index is 583. The number of hydrogen-bond donors (Lipinski definition) is 1. The third-order valence-corrected chi connectivity index (χ3v) is 4.77. The summed E-state index contributed by atoms with van der Waals surface area (Å²) in [5.41, 5.74) is 8.27. The van der Waals surface area contributed by atoms with E-state index in [1.807, 2.05) is 30.5 Å². The molecule has 1 unspecified atom stereocenters. The molecule has 0 saturated heterocycles. The highest BCUT2D eigenvalue weighted by molar-refractivity contribution is 7.10. The van der Waals surface area contributed by atoms with Gasteiger partial charge in [0, 0.05) is 4.88 Å². The maximum Gasteiger partial charge on any atom is 0.161 e. The fourth-order valence-corrected chi connectivity index (χ4v) is 3.20. The Kier molecular flexibility index (Phi) is 4.34. The van der Waals surface area contributed by atoms with E-state index in [0.29, 0.717) is 11.5 Å². The van der Waals surface area contributed by atoms with Crippen LogP contribution in [0, 0.1) is 6.92 Å². The van der Waals surface area contributed by atoms with Crippen LogP contribution in [0.3, 0.4) is 0 Å². The monoisotopic (exact) mass is 297 g/mol. The molecule has 0 spiro atoms. The van der Waals surface area contributed by atoms with Gasteiger partial charge < -0.3 is 15.2 Å². The maximum atomic E-state index is 6.28. The molecule has 2 aromatic rings. The third kappa shape index (κ3) is 2.71. The van der Waals surface area contributed by atoms with Gasteiger partial charge in [-0.2, -0.15) is 0 Å². The quantitative estimate of drug-likeness (QED) is 0.934. The van der Waals surface area contributed by atoms with Crippen LogP contribution < -0.4 is 15.2 Å². The number of rotatable bonds is 4. The minimum absolute atomic E-state index is 0.258. The van der Waals surface area contributed by atoms with Crippen molar-refractivity contribution in [1.82, 2.24) is 0 Å². The summed E-state index contributed by atoms with van der Waals surface area (Å²) in [5.74, 6) is 1.35. The molecule has 0 fully saturated rings. The molecule has 0 radical (unpaired) electrons. The molecule has 0 amide bonds. The number of ether oxygens (including phenoxy) is 2. The number of thiophene rings is 1. The molecule has 5 heteroatoms. The molecule has 1 heterocycles. The fourth-order valence-electron chi connectivity index (χ4n) is 1.86. The van der Waals surface area contributed by atoms with E-state index in [1.165, 1.54) is 0 Å². The Balaban J connectivity index is 2.39. The first-order chi connectivity index (χ1) is 9.08. The number of halogens is 1. The number of hydrogen-bond acceptors (Lipinski definition) is 4. The van der Waals surface area contributed by atoms with Crippen molar-refractivity contribution in [1.29, 1.82) is 0 Å². The molecule has 0 aliphatic rings. The highest BCUT2D eigenvalue weighted by atomic mass is 35.5. The summed E-state index contributed by atoms with van der Waals surface area (Å²) in [6.45, 7) is 1.98. The van der Waals surface area contributed by atoms with Crippen molar-refractivity contribution in [2.75, 3.05) is 14.2 Å². The van der Waals surface area contributed by atoms with Gasteiger partial charge in [-0.05, 0) is 35.6 Å². The largest absolute Gasteiger partial charge is 0.493 e. The molecular formula is C14H16ClNO2S. The van der Waals surface area contributed by atoms with Crippen molar-refractivity contribution < 1.29 is 9.47 Å². The summed E-state index contributed by atoms with van der Waals surface area (Å²) in [6, 6.07) is 5.40.